The van der Waals surface area contributed by atoms with Crippen LogP contribution in [0, 0.1) is 34.6 Å². The molecule has 0 N–H and O–H groups in total. The number of ether oxygens (including phenoxy) is 1. The molecule has 0 radical (unpaired) electrons. The maximum atomic E-state index is 7.04. The summed E-state index contributed by atoms with van der Waals surface area (Å²) in [6.45, 7) is 10.7. The first kappa shape index (κ1) is 35.4. The smallest absolute Gasteiger partial charge is 0.256 e. The topological polar surface area (TPSA) is 19.0 Å². The van der Waals surface area contributed by atoms with Gasteiger partial charge in [-0.2, -0.15) is 0 Å². The number of anilines is 9. The zero-order chi connectivity index (χ0) is 39.5. The molecule has 4 nitrogen and oxygen atoms in total. The van der Waals surface area contributed by atoms with Crippen LogP contribution in [0.4, 0.5) is 51.2 Å². The molecule has 0 fully saturated rings. The van der Waals surface area contributed by atoms with Crippen molar-refractivity contribution >= 4 is 74.3 Å². The van der Waals surface area contributed by atoms with Crippen LogP contribution in [-0.4, -0.2) is 6.71 Å². The van der Waals surface area contributed by atoms with Gasteiger partial charge in [0.25, 0.3) is 6.71 Å². The predicted molar refractivity (Wildman–Crippen MR) is 245 cm³/mol. The lowest BCUT2D eigenvalue weighted by Gasteiger charge is -2.41. The Bertz CT molecular complexity index is 2710. The van der Waals surface area contributed by atoms with Gasteiger partial charge in [0.15, 0.2) is 0 Å². The number of hydrogen-bond donors (Lipinski definition) is 0. The van der Waals surface area contributed by atoms with Gasteiger partial charge in [0.05, 0.1) is 0 Å². The van der Waals surface area contributed by atoms with Crippen molar-refractivity contribution in [2.75, 3.05) is 14.7 Å². The van der Waals surface area contributed by atoms with Gasteiger partial charge in [-0.15, -0.1) is 0 Å². The third-order valence-electron chi connectivity index (χ3n) is 11.6. The summed E-state index contributed by atoms with van der Waals surface area (Å²) in [4.78, 5) is 7.13. The van der Waals surface area contributed by atoms with Crippen molar-refractivity contribution in [3.05, 3.63) is 204 Å². The monoisotopic (exact) mass is 749 g/mol. The molecule has 0 unspecified atom stereocenters. The molecule has 0 spiro atoms. The predicted octanol–water partition coefficient (Wildman–Crippen LogP) is 12.6. The van der Waals surface area contributed by atoms with E-state index in [0.717, 1.165) is 73.7 Å². The van der Waals surface area contributed by atoms with Gasteiger partial charge in [-0.1, -0.05) is 101 Å². The molecule has 10 rings (SSSR count). The normalized spacial score (nSPS) is 12.3. The van der Waals surface area contributed by atoms with E-state index in [2.05, 4.69) is 225 Å². The highest BCUT2D eigenvalue weighted by Crippen LogP contribution is 2.45. The second-order valence-corrected chi connectivity index (χ2v) is 15.9. The summed E-state index contributed by atoms with van der Waals surface area (Å²) < 4.78 is 7.04. The lowest BCUT2D eigenvalue weighted by molar-refractivity contribution is 0.487. The second kappa shape index (κ2) is 14.2. The Balaban J connectivity index is 1.17. The summed E-state index contributed by atoms with van der Waals surface area (Å²) in [5, 5.41) is 0. The molecule has 0 aliphatic carbocycles. The lowest BCUT2D eigenvalue weighted by Crippen LogP contribution is -2.59. The van der Waals surface area contributed by atoms with E-state index < -0.39 is 0 Å². The van der Waals surface area contributed by atoms with Gasteiger partial charge in [-0.05, 0) is 148 Å². The number of aryl methyl sites for hydroxylation is 5. The highest BCUT2D eigenvalue weighted by molar-refractivity contribution is 6.99. The Labute approximate surface area is 342 Å². The first-order chi connectivity index (χ1) is 28.3. The average Bonchev–Trinajstić information content (AvgIpc) is 3.23. The van der Waals surface area contributed by atoms with E-state index in [1.165, 1.54) is 33.2 Å². The molecule has 0 bridgehead atoms. The quantitative estimate of drug-likeness (QED) is 0.151. The molecule has 2 heterocycles. The molecule has 0 atom stereocenters. The van der Waals surface area contributed by atoms with Gasteiger partial charge in [0, 0.05) is 57.3 Å². The van der Waals surface area contributed by atoms with Crippen molar-refractivity contribution in [1.29, 1.82) is 0 Å². The largest absolute Gasteiger partial charge is 0.458 e. The molecular weight excluding hydrogens is 705 g/mol. The first-order valence-electron chi connectivity index (χ1n) is 20.1. The fraction of sp³-hybridized carbons (Fsp3) is 0.0943. The maximum absolute atomic E-state index is 7.04. The van der Waals surface area contributed by atoms with Crippen LogP contribution in [0.1, 0.15) is 27.8 Å². The maximum Gasteiger partial charge on any atom is 0.256 e. The van der Waals surface area contributed by atoms with Crippen LogP contribution >= 0.6 is 0 Å². The van der Waals surface area contributed by atoms with E-state index in [1.54, 1.807) is 0 Å². The van der Waals surface area contributed by atoms with Gasteiger partial charge < -0.3 is 19.4 Å². The lowest BCUT2D eigenvalue weighted by atomic mass is 9.34. The standard InChI is InChI=1S/C53H44BN3O/c1-35-11-19-41(20-12-35)55(42-21-13-36(2)14-22-42)45-27-29-47-49(33-45)57(40-9-7-6-8-10-40)50-31-39(5)32-52-53(50)54(47)48-30-28-46(34-51(48)58-52)56(43-23-15-37(3)16-24-43)44-25-17-38(4)18-26-44/h6-34H,1-5H3. The molecule has 0 saturated heterocycles. The number of nitrogens with zero attached hydrogens (tertiary/aromatic N) is 3. The van der Waals surface area contributed by atoms with Crippen LogP contribution in [-0.2, 0) is 0 Å². The van der Waals surface area contributed by atoms with Crippen LogP contribution in [0.15, 0.2) is 176 Å². The zero-order valence-corrected chi connectivity index (χ0v) is 33.6. The number of para-hydroxylation sites is 1. The number of fused-ring (bicyclic) bond motifs is 4. The zero-order valence-electron chi connectivity index (χ0n) is 33.6. The second-order valence-electron chi connectivity index (χ2n) is 15.9. The van der Waals surface area contributed by atoms with E-state index >= 15 is 0 Å². The Morgan fingerprint density at radius 2 is 0.828 bits per heavy atom. The molecule has 2 aliphatic heterocycles. The summed E-state index contributed by atoms with van der Waals surface area (Å²) in [7, 11) is 0. The van der Waals surface area contributed by atoms with Crippen molar-refractivity contribution in [2.45, 2.75) is 34.6 Å². The van der Waals surface area contributed by atoms with Crippen molar-refractivity contribution in [1.82, 2.24) is 0 Å². The van der Waals surface area contributed by atoms with Crippen molar-refractivity contribution in [2.24, 2.45) is 0 Å². The van der Waals surface area contributed by atoms with Crippen LogP contribution in [0.5, 0.6) is 11.5 Å². The van der Waals surface area contributed by atoms with Gasteiger partial charge >= 0.3 is 0 Å². The van der Waals surface area contributed by atoms with Crippen molar-refractivity contribution in [3.63, 3.8) is 0 Å². The van der Waals surface area contributed by atoms with Crippen LogP contribution in [0.3, 0.4) is 0 Å². The summed E-state index contributed by atoms with van der Waals surface area (Å²) in [6, 6.07) is 64.2. The van der Waals surface area contributed by atoms with Gasteiger partial charge in [-0.25, -0.2) is 0 Å². The Morgan fingerprint density at radius 1 is 0.379 bits per heavy atom. The third kappa shape index (κ3) is 6.20. The minimum Gasteiger partial charge on any atom is -0.458 e. The summed E-state index contributed by atoms with van der Waals surface area (Å²) in [6.07, 6.45) is 0. The van der Waals surface area contributed by atoms with E-state index in [4.69, 9.17) is 4.74 Å². The Hall–Kier alpha value is -6.98. The number of benzene rings is 8. The fourth-order valence-corrected chi connectivity index (χ4v) is 8.66. The van der Waals surface area contributed by atoms with E-state index in [1.807, 2.05) is 0 Å². The van der Waals surface area contributed by atoms with E-state index in [-0.39, 0.29) is 6.71 Å². The molecule has 0 aromatic heterocycles. The molecule has 280 valence electrons. The van der Waals surface area contributed by atoms with Crippen LogP contribution in [0.25, 0.3) is 0 Å². The summed E-state index contributed by atoms with van der Waals surface area (Å²) in [5.41, 5.74) is 19.6. The SMILES string of the molecule is Cc1ccc(N(c2ccc(C)cc2)c2ccc3c(c2)Oc2cc(C)cc4c2B3c2ccc(N(c3ccc(C)cc3)c3ccc(C)cc3)cc2N4c2ccccc2)cc1. The fourth-order valence-electron chi connectivity index (χ4n) is 8.66. The highest BCUT2D eigenvalue weighted by atomic mass is 16.5. The third-order valence-corrected chi connectivity index (χ3v) is 11.6. The van der Waals surface area contributed by atoms with Gasteiger partial charge in [-0.3, -0.25) is 0 Å². The summed E-state index contributed by atoms with van der Waals surface area (Å²) in [5.74, 6) is 1.78. The van der Waals surface area contributed by atoms with E-state index in [9.17, 15) is 0 Å². The minimum atomic E-state index is -0.0354. The average molecular weight is 750 g/mol. The van der Waals surface area contributed by atoms with Gasteiger partial charge in [0.1, 0.15) is 11.5 Å². The molecular formula is C53H44BN3O. The van der Waals surface area contributed by atoms with Crippen LogP contribution < -0.4 is 35.8 Å². The Morgan fingerprint density at radius 3 is 1.33 bits per heavy atom. The molecule has 2 aliphatic rings. The molecule has 58 heavy (non-hydrogen) atoms. The molecule has 0 saturated carbocycles. The Kier molecular flexibility index (Phi) is 8.68. The number of hydrogen-bond acceptors (Lipinski definition) is 4. The molecule has 8 aromatic rings. The molecule has 8 aromatic carbocycles. The number of rotatable bonds is 7. The minimum absolute atomic E-state index is 0.0354. The molecule has 5 heteroatoms. The van der Waals surface area contributed by atoms with E-state index in [0.29, 0.717) is 0 Å². The molecule has 0 amide bonds. The van der Waals surface area contributed by atoms with Gasteiger partial charge in [0.2, 0.25) is 0 Å². The van der Waals surface area contributed by atoms with Crippen molar-refractivity contribution < 1.29 is 4.74 Å². The first-order valence-corrected chi connectivity index (χ1v) is 20.1. The van der Waals surface area contributed by atoms with Crippen molar-refractivity contribution in [3.8, 4) is 11.5 Å². The highest BCUT2D eigenvalue weighted by Gasteiger charge is 2.42. The van der Waals surface area contributed by atoms with Crippen LogP contribution in [0.2, 0.25) is 0 Å². The summed E-state index contributed by atoms with van der Waals surface area (Å²) >= 11 is 0.